The van der Waals surface area contributed by atoms with Gasteiger partial charge in [-0.3, -0.25) is 9.78 Å². The quantitative estimate of drug-likeness (QED) is 0.640. The lowest BCUT2D eigenvalue weighted by molar-refractivity contribution is -0.137. The molecular formula is C13H14F3N3O2. The number of likely N-dealkylation sites (tertiary alicyclic amines) is 1. The molecule has 0 saturated carbocycles. The van der Waals surface area contributed by atoms with Gasteiger partial charge in [0.2, 0.25) is 0 Å². The Balaban J connectivity index is 2.11. The van der Waals surface area contributed by atoms with Crippen molar-refractivity contribution in [3.63, 3.8) is 0 Å². The van der Waals surface area contributed by atoms with Gasteiger partial charge in [0.15, 0.2) is 0 Å². The van der Waals surface area contributed by atoms with Crippen molar-refractivity contribution in [1.29, 1.82) is 0 Å². The minimum Gasteiger partial charge on any atom is -0.411 e. The summed E-state index contributed by atoms with van der Waals surface area (Å²) < 4.78 is 37.3. The maximum absolute atomic E-state index is 12.4. The van der Waals surface area contributed by atoms with E-state index in [4.69, 9.17) is 5.21 Å². The van der Waals surface area contributed by atoms with Crippen LogP contribution in [0.15, 0.2) is 23.5 Å². The maximum Gasteiger partial charge on any atom is 0.417 e. The van der Waals surface area contributed by atoms with E-state index in [0.29, 0.717) is 31.4 Å². The monoisotopic (exact) mass is 301 g/mol. The second-order valence-electron chi connectivity index (χ2n) is 4.92. The van der Waals surface area contributed by atoms with E-state index in [-0.39, 0.29) is 11.6 Å². The molecule has 2 heterocycles. The molecule has 1 aliphatic rings. The fraction of sp³-hybridized carbons (Fsp3) is 0.462. The minimum absolute atomic E-state index is 0.0282. The first-order valence-electron chi connectivity index (χ1n) is 6.36. The molecule has 0 radical (unpaired) electrons. The third-order valence-corrected chi connectivity index (χ3v) is 3.43. The van der Waals surface area contributed by atoms with Crippen molar-refractivity contribution in [2.45, 2.75) is 19.5 Å². The van der Waals surface area contributed by atoms with Gasteiger partial charge in [-0.15, -0.1) is 0 Å². The van der Waals surface area contributed by atoms with Gasteiger partial charge >= 0.3 is 6.18 Å². The fourth-order valence-electron chi connectivity index (χ4n) is 2.21. The van der Waals surface area contributed by atoms with Gasteiger partial charge in [0.25, 0.3) is 5.91 Å². The predicted molar refractivity (Wildman–Crippen MR) is 68.1 cm³/mol. The highest BCUT2D eigenvalue weighted by atomic mass is 19.4. The van der Waals surface area contributed by atoms with Crippen molar-refractivity contribution >= 4 is 11.6 Å². The predicted octanol–water partition coefficient (Wildman–Crippen LogP) is 2.41. The van der Waals surface area contributed by atoms with Crippen LogP contribution in [-0.2, 0) is 6.18 Å². The molecule has 0 bridgehead atoms. The molecular weight excluding hydrogens is 287 g/mol. The highest BCUT2D eigenvalue weighted by Crippen LogP contribution is 2.28. The lowest BCUT2D eigenvalue weighted by Crippen LogP contribution is -2.43. The maximum atomic E-state index is 12.4. The Bertz CT molecular complexity index is 555. The van der Waals surface area contributed by atoms with E-state index in [2.05, 4.69) is 10.1 Å². The first kappa shape index (κ1) is 15.3. The van der Waals surface area contributed by atoms with E-state index in [1.54, 1.807) is 0 Å². The van der Waals surface area contributed by atoms with Crippen molar-refractivity contribution in [1.82, 2.24) is 9.88 Å². The van der Waals surface area contributed by atoms with E-state index in [1.807, 2.05) is 6.92 Å². The van der Waals surface area contributed by atoms with Crippen molar-refractivity contribution < 1.29 is 23.2 Å². The first-order valence-corrected chi connectivity index (χ1v) is 6.36. The summed E-state index contributed by atoms with van der Waals surface area (Å²) >= 11 is 0. The number of amides is 1. The Labute approximate surface area is 119 Å². The number of nitrogens with zero attached hydrogens (tertiary/aromatic N) is 3. The Morgan fingerprint density at radius 2 is 2.19 bits per heavy atom. The van der Waals surface area contributed by atoms with Gasteiger partial charge in [0.1, 0.15) is 5.69 Å². The van der Waals surface area contributed by atoms with Crippen LogP contribution < -0.4 is 0 Å². The summed E-state index contributed by atoms with van der Waals surface area (Å²) in [5.74, 6) is -0.519. The third kappa shape index (κ3) is 3.32. The van der Waals surface area contributed by atoms with Gasteiger partial charge in [-0.2, -0.15) is 13.2 Å². The molecule has 0 aromatic carbocycles. The zero-order chi connectivity index (χ0) is 15.6. The molecule has 21 heavy (non-hydrogen) atoms. The van der Waals surface area contributed by atoms with Crippen LogP contribution in [0.2, 0.25) is 0 Å². The Kier molecular flexibility index (Phi) is 4.15. The van der Waals surface area contributed by atoms with Crippen molar-refractivity contribution in [3.8, 4) is 0 Å². The molecule has 1 atom stereocenters. The number of piperidine rings is 1. The number of hydrogen-bond acceptors (Lipinski definition) is 4. The van der Waals surface area contributed by atoms with Gasteiger partial charge in [-0.1, -0.05) is 12.1 Å². The van der Waals surface area contributed by atoms with Gasteiger partial charge in [0.05, 0.1) is 11.3 Å². The van der Waals surface area contributed by atoms with Crippen LogP contribution in [0, 0.1) is 5.92 Å². The van der Waals surface area contributed by atoms with Gasteiger partial charge in [-0.25, -0.2) is 0 Å². The van der Waals surface area contributed by atoms with Crippen LogP contribution in [0.4, 0.5) is 13.2 Å². The summed E-state index contributed by atoms with van der Waals surface area (Å²) in [6.07, 6.45) is -3.38. The number of hydrogen-bond donors (Lipinski definition) is 1. The summed E-state index contributed by atoms with van der Waals surface area (Å²) in [6.45, 7) is 2.51. The molecule has 1 unspecified atom stereocenters. The third-order valence-electron chi connectivity index (χ3n) is 3.43. The summed E-state index contributed by atoms with van der Waals surface area (Å²) in [5.41, 5.74) is -0.306. The molecule has 1 amide bonds. The molecule has 8 heteroatoms. The van der Waals surface area contributed by atoms with Crippen LogP contribution in [0.5, 0.6) is 0 Å². The summed E-state index contributed by atoms with van der Waals surface area (Å²) in [5, 5.41) is 11.9. The molecule has 1 aliphatic heterocycles. The molecule has 1 N–H and O–H groups in total. The van der Waals surface area contributed by atoms with Crippen LogP contribution in [0.25, 0.3) is 0 Å². The normalized spacial score (nSPS) is 21.6. The zero-order valence-electron chi connectivity index (χ0n) is 11.3. The minimum atomic E-state index is -4.47. The van der Waals surface area contributed by atoms with E-state index in [1.165, 1.54) is 4.90 Å². The largest absolute Gasteiger partial charge is 0.417 e. The molecule has 114 valence electrons. The van der Waals surface area contributed by atoms with E-state index < -0.39 is 17.6 Å². The number of aromatic nitrogens is 1. The Morgan fingerprint density at radius 1 is 1.48 bits per heavy atom. The van der Waals surface area contributed by atoms with Crippen molar-refractivity contribution in [3.05, 3.63) is 29.6 Å². The van der Waals surface area contributed by atoms with Crippen molar-refractivity contribution in [2.75, 3.05) is 13.1 Å². The van der Waals surface area contributed by atoms with E-state index in [0.717, 1.165) is 12.1 Å². The number of alkyl halides is 3. The van der Waals surface area contributed by atoms with E-state index in [9.17, 15) is 18.0 Å². The number of carbonyl (C=O) groups excluding carboxylic acids is 1. The van der Waals surface area contributed by atoms with Gasteiger partial charge in [-0.05, 0) is 12.1 Å². The SMILES string of the molecule is CC1CN(C(=O)c2ccc(C(F)(F)F)cn2)CC/C1=N\O. The Hall–Kier alpha value is -2.12. The molecule has 2 rings (SSSR count). The molecule has 1 saturated heterocycles. The van der Waals surface area contributed by atoms with Crippen LogP contribution in [0.1, 0.15) is 29.4 Å². The highest BCUT2D eigenvalue weighted by molar-refractivity contribution is 5.95. The number of halogens is 3. The number of oxime groups is 1. The lowest BCUT2D eigenvalue weighted by atomic mass is 9.97. The van der Waals surface area contributed by atoms with Crippen LogP contribution >= 0.6 is 0 Å². The van der Waals surface area contributed by atoms with Crippen LogP contribution in [0.3, 0.4) is 0 Å². The molecule has 1 aromatic rings. The number of rotatable bonds is 1. The average molecular weight is 301 g/mol. The molecule has 0 aliphatic carbocycles. The summed E-state index contributed by atoms with van der Waals surface area (Å²) in [7, 11) is 0. The second kappa shape index (κ2) is 5.71. The fourth-order valence-corrected chi connectivity index (χ4v) is 2.21. The second-order valence-corrected chi connectivity index (χ2v) is 4.92. The molecule has 5 nitrogen and oxygen atoms in total. The van der Waals surface area contributed by atoms with Gasteiger partial charge < -0.3 is 10.1 Å². The molecule has 1 fully saturated rings. The topological polar surface area (TPSA) is 65.8 Å². The standard InChI is InChI=1S/C13H14F3N3O2/c1-8-7-19(5-4-10(8)18-21)12(20)11-3-2-9(6-17-11)13(14,15)16/h2-3,6,8,21H,4-5,7H2,1H3/b18-10+. The average Bonchev–Trinajstić information content (AvgIpc) is 2.45. The lowest BCUT2D eigenvalue weighted by Gasteiger charge is -2.31. The Morgan fingerprint density at radius 3 is 2.67 bits per heavy atom. The smallest absolute Gasteiger partial charge is 0.411 e. The molecule has 1 aromatic heterocycles. The summed E-state index contributed by atoms with van der Waals surface area (Å²) in [6, 6.07) is 1.92. The highest BCUT2D eigenvalue weighted by Gasteiger charge is 2.32. The van der Waals surface area contributed by atoms with E-state index >= 15 is 0 Å². The first-order chi connectivity index (χ1) is 9.82. The number of carbonyl (C=O) groups is 1. The van der Waals surface area contributed by atoms with Gasteiger partial charge in [0, 0.05) is 31.6 Å². The molecule has 0 spiro atoms. The number of pyridine rings is 1. The summed E-state index contributed by atoms with van der Waals surface area (Å²) in [4.78, 5) is 17.3. The zero-order valence-corrected chi connectivity index (χ0v) is 11.3. The van der Waals surface area contributed by atoms with Crippen molar-refractivity contribution in [2.24, 2.45) is 11.1 Å². The van der Waals surface area contributed by atoms with Crippen LogP contribution in [-0.4, -0.2) is 39.8 Å².